The van der Waals surface area contributed by atoms with Crippen molar-refractivity contribution in [3.05, 3.63) is 33.2 Å². The monoisotopic (exact) mass is 426 g/mol. The zero-order valence-electron chi connectivity index (χ0n) is 15.4. The summed E-state index contributed by atoms with van der Waals surface area (Å²) in [5, 5.41) is 11.7. The number of nitrogens with one attached hydrogen (secondary N) is 2. The Hall–Kier alpha value is -2.11. The number of H-pyrrole nitrogens is 1. The molecule has 2 atom stereocenters. The summed E-state index contributed by atoms with van der Waals surface area (Å²) in [6.07, 6.45) is 4.08. The van der Waals surface area contributed by atoms with Crippen LogP contribution < -0.4 is 15.5 Å². The van der Waals surface area contributed by atoms with Crippen molar-refractivity contribution in [2.24, 2.45) is 0 Å². The lowest BCUT2D eigenvalue weighted by Gasteiger charge is -2.06. The van der Waals surface area contributed by atoms with E-state index < -0.39 is 16.7 Å². The van der Waals surface area contributed by atoms with E-state index in [9.17, 15) is 13.8 Å². The summed E-state index contributed by atoms with van der Waals surface area (Å²) in [5.41, 5.74) is 0.204. The van der Waals surface area contributed by atoms with E-state index >= 15 is 0 Å². The molecule has 0 aliphatic carbocycles. The largest absolute Gasteiger partial charge is 0.488 e. The first-order valence-electron chi connectivity index (χ1n) is 8.99. The first-order valence-corrected chi connectivity index (χ1v) is 11.3. The van der Waals surface area contributed by atoms with Crippen molar-refractivity contribution in [2.45, 2.75) is 38.0 Å². The van der Waals surface area contributed by atoms with Gasteiger partial charge in [-0.1, -0.05) is 18.3 Å². The molecular weight excluding hydrogens is 404 g/mol. The number of pyridine rings is 1. The number of amides is 1. The number of anilines is 1. The van der Waals surface area contributed by atoms with E-state index in [-0.39, 0.29) is 28.8 Å². The Morgan fingerprint density at radius 1 is 1.50 bits per heavy atom. The molecule has 1 aliphatic rings. The van der Waals surface area contributed by atoms with Gasteiger partial charge in [-0.05, 0) is 19.3 Å². The fourth-order valence-corrected chi connectivity index (χ4v) is 4.45. The van der Waals surface area contributed by atoms with Crippen LogP contribution >= 0.6 is 11.3 Å². The Morgan fingerprint density at radius 2 is 2.36 bits per heavy atom. The van der Waals surface area contributed by atoms with Crippen molar-refractivity contribution < 1.29 is 18.5 Å². The van der Waals surface area contributed by atoms with Gasteiger partial charge in [-0.15, -0.1) is 10.2 Å². The molecule has 0 spiro atoms. The third kappa shape index (κ3) is 5.69. The van der Waals surface area contributed by atoms with Gasteiger partial charge in [0, 0.05) is 35.4 Å². The number of hydrogen-bond acceptors (Lipinski definition) is 8. The SMILES string of the molecule is CCCOc1c[nH]c(CS(=O)CC(=O)Nc2nnc(C3CCCO3)s2)cc1=O. The summed E-state index contributed by atoms with van der Waals surface area (Å²) in [6, 6.07) is 1.35. The van der Waals surface area contributed by atoms with E-state index in [1.165, 1.54) is 23.6 Å². The van der Waals surface area contributed by atoms with Gasteiger partial charge in [0.1, 0.15) is 16.9 Å². The molecule has 2 aromatic rings. The Balaban J connectivity index is 1.49. The summed E-state index contributed by atoms with van der Waals surface area (Å²) in [6.45, 7) is 3.11. The van der Waals surface area contributed by atoms with Gasteiger partial charge in [0.25, 0.3) is 0 Å². The Labute approximate surface area is 168 Å². The highest BCUT2D eigenvalue weighted by atomic mass is 32.2. The summed E-state index contributed by atoms with van der Waals surface area (Å²) < 4.78 is 23.1. The topological polar surface area (TPSA) is 123 Å². The van der Waals surface area contributed by atoms with E-state index in [0.717, 1.165) is 24.3 Å². The number of ether oxygens (including phenoxy) is 2. The third-order valence-corrected chi connectivity index (χ3v) is 6.05. The number of aromatic nitrogens is 3. The van der Waals surface area contributed by atoms with Gasteiger partial charge in [0.15, 0.2) is 5.75 Å². The van der Waals surface area contributed by atoms with E-state index in [1.807, 2.05) is 6.92 Å². The molecule has 2 unspecified atom stereocenters. The minimum absolute atomic E-state index is 0.0571. The standard InChI is InChI=1S/C17H22N4O5S2/c1-2-5-25-14-8-18-11(7-12(14)22)9-28(24)10-15(23)19-17-21-20-16(27-17)13-4-3-6-26-13/h7-8,13H,2-6,9-10H2,1H3,(H,18,22)(H,19,21,23). The summed E-state index contributed by atoms with van der Waals surface area (Å²) in [4.78, 5) is 26.9. The number of aromatic amines is 1. The molecule has 11 heteroatoms. The van der Waals surface area contributed by atoms with Gasteiger partial charge in [0.05, 0.1) is 12.4 Å². The van der Waals surface area contributed by atoms with Crippen LogP contribution in [0.25, 0.3) is 0 Å². The van der Waals surface area contributed by atoms with E-state index in [2.05, 4.69) is 20.5 Å². The van der Waals surface area contributed by atoms with Crippen molar-refractivity contribution >= 4 is 33.2 Å². The zero-order chi connectivity index (χ0) is 19.9. The lowest BCUT2D eigenvalue weighted by atomic mass is 10.2. The van der Waals surface area contributed by atoms with Crippen LogP contribution in [0.15, 0.2) is 17.1 Å². The maximum atomic E-state index is 12.2. The molecule has 1 fully saturated rings. The van der Waals surface area contributed by atoms with Crippen LogP contribution in [-0.4, -0.2) is 44.3 Å². The fourth-order valence-electron chi connectivity index (χ4n) is 2.62. The van der Waals surface area contributed by atoms with Crippen LogP contribution in [0.2, 0.25) is 0 Å². The van der Waals surface area contributed by atoms with Crippen molar-refractivity contribution in [1.82, 2.24) is 15.2 Å². The Kier molecular flexibility index (Phi) is 7.29. The van der Waals surface area contributed by atoms with Crippen LogP contribution in [0.4, 0.5) is 5.13 Å². The van der Waals surface area contributed by atoms with Crippen molar-refractivity contribution in [1.29, 1.82) is 0 Å². The molecule has 152 valence electrons. The second-order valence-corrected chi connectivity index (χ2v) is 8.73. The number of nitrogens with zero attached hydrogens (tertiary/aromatic N) is 2. The molecule has 0 aromatic carbocycles. The summed E-state index contributed by atoms with van der Waals surface area (Å²) in [7, 11) is -1.48. The van der Waals surface area contributed by atoms with Gasteiger partial charge in [-0.3, -0.25) is 19.1 Å². The van der Waals surface area contributed by atoms with Crippen LogP contribution in [0.5, 0.6) is 5.75 Å². The van der Waals surface area contributed by atoms with E-state index in [1.54, 1.807) is 0 Å². The minimum Gasteiger partial charge on any atom is -0.488 e. The van der Waals surface area contributed by atoms with E-state index in [0.29, 0.717) is 24.0 Å². The van der Waals surface area contributed by atoms with Gasteiger partial charge in [-0.25, -0.2) is 0 Å². The highest BCUT2D eigenvalue weighted by Gasteiger charge is 2.22. The first-order chi connectivity index (χ1) is 13.5. The van der Waals surface area contributed by atoms with Gasteiger partial charge >= 0.3 is 0 Å². The summed E-state index contributed by atoms with van der Waals surface area (Å²) >= 11 is 1.26. The fraction of sp³-hybridized carbons (Fsp3) is 0.529. The lowest BCUT2D eigenvalue weighted by molar-refractivity contribution is -0.113. The summed E-state index contributed by atoms with van der Waals surface area (Å²) in [5.74, 6) is -0.329. The highest BCUT2D eigenvalue weighted by molar-refractivity contribution is 7.84. The van der Waals surface area contributed by atoms with Crippen molar-refractivity contribution in [3.63, 3.8) is 0 Å². The van der Waals surface area contributed by atoms with Gasteiger partial charge in [-0.2, -0.15) is 0 Å². The molecule has 1 aliphatic heterocycles. The Morgan fingerprint density at radius 3 is 3.07 bits per heavy atom. The molecule has 2 N–H and O–H groups in total. The van der Waals surface area contributed by atoms with Crippen LogP contribution in [0.1, 0.15) is 43.0 Å². The number of carbonyl (C=O) groups excluding carboxylic acids is 1. The molecule has 28 heavy (non-hydrogen) atoms. The predicted molar refractivity (Wildman–Crippen MR) is 106 cm³/mol. The number of rotatable bonds is 9. The normalized spacial score (nSPS) is 17.4. The van der Waals surface area contributed by atoms with E-state index in [4.69, 9.17) is 9.47 Å². The molecule has 3 rings (SSSR count). The molecule has 1 amide bonds. The molecule has 1 saturated heterocycles. The predicted octanol–water partition coefficient (Wildman–Crippen LogP) is 1.75. The Bertz CT molecular complexity index is 892. The van der Waals surface area contributed by atoms with Crippen molar-refractivity contribution in [2.75, 3.05) is 24.3 Å². The number of carbonyl (C=O) groups is 1. The second-order valence-electron chi connectivity index (χ2n) is 6.26. The molecule has 0 bridgehead atoms. The molecule has 0 radical (unpaired) electrons. The van der Waals surface area contributed by atoms with Gasteiger partial charge in [0.2, 0.25) is 16.5 Å². The highest BCUT2D eigenvalue weighted by Crippen LogP contribution is 2.31. The number of hydrogen-bond donors (Lipinski definition) is 2. The lowest BCUT2D eigenvalue weighted by Crippen LogP contribution is -2.20. The van der Waals surface area contributed by atoms with Crippen LogP contribution in [0, 0.1) is 0 Å². The van der Waals surface area contributed by atoms with Crippen LogP contribution in [0.3, 0.4) is 0 Å². The third-order valence-electron chi connectivity index (χ3n) is 3.90. The van der Waals surface area contributed by atoms with Gasteiger partial charge < -0.3 is 14.5 Å². The molecular formula is C17H22N4O5S2. The quantitative estimate of drug-likeness (QED) is 0.626. The van der Waals surface area contributed by atoms with Crippen molar-refractivity contribution in [3.8, 4) is 5.75 Å². The molecule has 3 heterocycles. The molecule has 9 nitrogen and oxygen atoms in total. The average molecular weight is 427 g/mol. The maximum Gasteiger partial charge on any atom is 0.238 e. The maximum absolute atomic E-state index is 12.2. The average Bonchev–Trinajstić information content (AvgIpc) is 3.32. The second kappa shape index (κ2) is 9.89. The molecule has 0 saturated carbocycles. The molecule has 2 aromatic heterocycles. The minimum atomic E-state index is -1.48. The first kappa shape index (κ1) is 20.6. The van der Waals surface area contributed by atoms with Crippen LogP contribution in [-0.2, 0) is 26.1 Å². The smallest absolute Gasteiger partial charge is 0.238 e. The zero-order valence-corrected chi connectivity index (χ0v) is 17.1.